The second-order valence-electron chi connectivity index (χ2n) is 12.7. The number of hydrogen-bond donors (Lipinski definition) is 2. The lowest BCUT2D eigenvalue weighted by Gasteiger charge is -2.29. The summed E-state index contributed by atoms with van der Waals surface area (Å²) >= 11 is 6.42. The van der Waals surface area contributed by atoms with Gasteiger partial charge in [-0.2, -0.15) is 18.2 Å². The predicted octanol–water partition coefficient (Wildman–Crippen LogP) is 7.87. The van der Waals surface area contributed by atoms with Gasteiger partial charge in [0.2, 0.25) is 5.95 Å². The van der Waals surface area contributed by atoms with E-state index in [1.807, 2.05) is 0 Å². The minimum absolute atomic E-state index is 0.000631. The van der Waals surface area contributed by atoms with E-state index in [0.29, 0.717) is 29.3 Å². The fourth-order valence-electron chi connectivity index (χ4n) is 4.20. The van der Waals surface area contributed by atoms with Crippen LogP contribution in [0.1, 0.15) is 71.3 Å². The average molecular weight is 580 g/mol. The molecule has 0 bridgehead atoms. The van der Waals surface area contributed by atoms with Crippen LogP contribution in [0.25, 0.3) is 11.1 Å². The number of halogens is 4. The van der Waals surface area contributed by atoms with Crippen molar-refractivity contribution in [1.82, 2.24) is 20.1 Å². The quantitative estimate of drug-likeness (QED) is 0.242. The van der Waals surface area contributed by atoms with Crippen molar-refractivity contribution in [2.24, 2.45) is 10.8 Å². The molecule has 6 nitrogen and oxygen atoms in total. The lowest BCUT2D eigenvalue weighted by atomic mass is 9.90. The number of rotatable bonds is 11. The van der Waals surface area contributed by atoms with Crippen LogP contribution in [-0.4, -0.2) is 46.3 Å². The predicted molar refractivity (Wildman–Crippen MR) is 156 cm³/mol. The van der Waals surface area contributed by atoms with Crippen molar-refractivity contribution in [1.29, 1.82) is 0 Å². The zero-order chi connectivity index (χ0) is 29.7. The van der Waals surface area contributed by atoms with E-state index in [1.54, 1.807) is 24.3 Å². The molecule has 0 aliphatic rings. The van der Waals surface area contributed by atoms with Crippen LogP contribution in [0, 0.1) is 10.8 Å². The van der Waals surface area contributed by atoms with Gasteiger partial charge in [-0.25, -0.2) is 0 Å². The minimum atomic E-state index is -4.60. The number of benzene rings is 2. The molecule has 0 aliphatic heterocycles. The molecule has 0 saturated carbocycles. The first-order valence-electron chi connectivity index (χ1n) is 13.5. The molecule has 0 saturated heterocycles. The first kappa shape index (κ1) is 31.7. The third-order valence-electron chi connectivity index (χ3n) is 6.55. The average Bonchev–Trinajstić information content (AvgIpc) is 3.23. The van der Waals surface area contributed by atoms with Crippen LogP contribution in [0.5, 0.6) is 5.75 Å². The van der Waals surface area contributed by atoms with E-state index in [-0.39, 0.29) is 33.8 Å². The van der Waals surface area contributed by atoms with Crippen LogP contribution in [0.3, 0.4) is 0 Å². The highest BCUT2D eigenvalue weighted by atomic mass is 35.5. The van der Waals surface area contributed by atoms with Crippen LogP contribution >= 0.6 is 11.6 Å². The van der Waals surface area contributed by atoms with Crippen LogP contribution < -0.4 is 10.5 Å². The number of aromatic amines is 1. The van der Waals surface area contributed by atoms with Crippen molar-refractivity contribution in [3.8, 4) is 16.9 Å². The van der Waals surface area contributed by atoms with Gasteiger partial charge in [0, 0.05) is 23.6 Å². The Kier molecular flexibility index (Phi) is 10.2. The number of ether oxygens (including phenoxy) is 1. The monoisotopic (exact) mass is 579 g/mol. The highest BCUT2D eigenvalue weighted by Crippen LogP contribution is 2.42. The Bertz CT molecular complexity index is 1230. The molecular formula is C30H41ClF3N5O. The van der Waals surface area contributed by atoms with Crippen LogP contribution in [0.15, 0.2) is 36.4 Å². The van der Waals surface area contributed by atoms with E-state index < -0.39 is 11.7 Å². The second kappa shape index (κ2) is 12.8. The molecule has 40 heavy (non-hydrogen) atoms. The Morgan fingerprint density at radius 3 is 2.02 bits per heavy atom. The molecule has 220 valence electrons. The normalized spacial score (nSPS) is 12.8. The summed E-state index contributed by atoms with van der Waals surface area (Å²) in [5.41, 5.74) is 5.81. The Balaban J connectivity index is 1.71. The van der Waals surface area contributed by atoms with Gasteiger partial charge < -0.3 is 10.5 Å². The molecule has 10 heteroatoms. The maximum absolute atomic E-state index is 14.1. The number of alkyl halides is 3. The fraction of sp³-hybridized carbons (Fsp3) is 0.533. The zero-order valence-corrected chi connectivity index (χ0v) is 25.0. The van der Waals surface area contributed by atoms with E-state index in [9.17, 15) is 13.2 Å². The molecule has 3 N–H and O–H groups in total. The summed E-state index contributed by atoms with van der Waals surface area (Å²) in [6, 6.07) is 9.20. The lowest BCUT2D eigenvalue weighted by Crippen LogP contribution is -2.34. The Labute approximate surface area is 240 Å². The second-order valence-corrected chi connectivity index (χ2v) is 13.1. The summed E-state index contributed by atoms with van der Waals surface area (Å²) < 4.78 is 48.2. The van der Waals surface area contributed by atoms with Gasteiger partial charge in [-0.1, -0.05) is 65.3 Å². The highest BCUT2D eigenvalue weighted by molar-refractivity contribution is 6.33. The Morgan fingerprint density at radius 2 is 1.52 bits per heavy atom. The number of hydrogen-bond acceptors (Lipinski definition) is 5. The zero-order valence-electron chi connectivity index (χ0n) is 24.3. The molecule has 3 rings (SSSR count). The van der Waals surface area contributed by atoms with E-state index in [2.05, 4.69) is 61.6 Å². The van der Waals surface area contributed by atoms with E-state index >= 15 is 0 Å². The number of aromatic nitrogens is 3. The molecular weight excluding hydrogens is 539 g/mol. The molecule has 2 aromatic carbocycles. The van der Waals surface area contributed by atoms with E-state index in [1.165, 1.54) is 6.07 Å². The molecule has 0 aliphatic carbocycles. The number of nitrogens with one attached hydrogen (secondary N) is 1. The van der Waals surface area contributed by atoms with E-state index in [4.69, 9.17) is 22.1 Å². The molecule has 1 heterocycles. The number of nitrogens with zero attached hydrogens (tertiary/aromatic N) is 3. The summed E-state index contributed by atoms with van der Waals surface area (Å²) in [7, 11) is 0. The smallest absolute Gasteiger partial charge is 0.417 e. The molecule has 0 amide bonds. The summed E-state index contributed by atoms with van der Waals surface area (Å²) in [6.07, 6.45) is -2.35. The summed E-state index contributed by atoms with van der Waals surface area (Å²) in [4.78, 5) is 6.39. The summed E-state index contributed by atoms with van der Waals surface area (Å²) in [5.74, 6) is 0.976. The number of H-pyrrole nitrogens is 1. The van der Waals surface area contributed by atoms with Gasteiger partial charge in [0.15, 0.2) is 0 Å². The minimum Gasteiger partial charge on any atom is -0.492 e. The molecule has 0 fully saturated rings. The topological polar surface area (TPSA) is 80.1 Å². The molecule has 0 spiro atoms. The van der Waals surface area contributed by atoms with Crippen molar-refractivity contribution < 1.29 is 17.9 Å². The fourth-order valence-corrected chi connectivity index (χ4v) is 4.55. The molecule has 1 aromatic heterocycles. The first-order chi connectivity index (χ1) is 18.5. The van der Waals surface area contributed by atoms with Gasteiger partial charge in [0.1, 0.15) is 18.2 Å². The van der Waals surface area contributed by atoms with Crippen LogP contribution in [-0.2, 0) is 12.6 Å². The lowest BCUT2D eigenvalue weighted by molar-refractivity contribution is -0.137. The Hall–Kier alpha value is -2.78. The van der Waals surface area contributed by atoms with Crippen molar-refractivity contribution in [2.75, 3.05) is 32.0 Å². The van der Waals surface area contributed by atoms with Crippen molar-refractivity contribution in [2.45, 2.75) is 67.0 Å². The van der Waals surface area contributed by atoms with Crippen LogP contribution in [0.2, 0.25) is 5.02 Å². The van der Waals surface area contributed by atoms with Gasteiger partial charge in [0.25, 0.3) is 0 Å². The summed E-state index contributed by atoms with van der Waals surface area (Å²) in [6.45, 7) is 16.7. The largest absolute Gasteiger partial charge is 0.492 e. The number of anilines is 1. The van der Waals surface area contributed by atoms with Crippen molar-refractivity contribution in [3.05, 3.63) is 58.4 Å². The standard InChI is InChI=1S/C30H41ClF3N5O/c1-28(2,3)11-13-39(14-12-29(4,5)6)15-16-40-22-9-7-21(8-10-22)26-23(30(32,33)34)17-20(18-24(26)31)19-25-36-27(35)38-37-25/h7-10,17-18H,11-16,19H2,1-6H3,(H3,35,36,37,38). The number of nitrogen functional groups attached to an aromatic ring is 1. The van der Waals surface area contributed by atoms with Gasteiger partial charge in [-0.3, -0.25) is 10.00 Å². The maximum Gasteiger partial charge on any atom is 0.417 e. The Morgan fingerprint density at radius 1 is 0.925 bits per heavy atom. The first-order valence-corrected chi connectivity index (χ1v) is 13.9. The maximum atomic E-state index is 14.1. The highest BCUT2D eigenvalue weighted by Gasteiger charge is 2.35. The summed E-state index contributed by atoms with van der Waals surface area (Å²) in [5, 5.41) is 6.33. The molecule has 0 atom stereocenters. The van der Waals surface area contributed by atoms with Gasteiger partial charge in [-0.15, -0.1) is 5.10 Å². The third-order valence-corrected chi connectivity index (χ3v) is 6.85. The number of nitrogens with two attached hydrogens (primary N) is 1. The van der Waals surface area contributed by atoms with Crippen molar-refractivity contribution >= 4 is 17.5 Å². The third kappa shape index (κ3) is 10.0. The molecule has 0 unspecified atom stereocenters. The molecule has 0 radical (unpaired) electrons. The van der Waals surface area contributed by atoms with Crippen molar-refractivity contribution in [3.63, 3.8) is 0 Å². The van der Waals surface area contributed by atoms with Gasteiger partial charge >= 0.3 is 6.18 Å². The van der Waals surface area contributed by atoms with Crippen LogP contribution in [0.4, 0.5) is 19.1 Å². The van der Waals surface area contributed by atoms with Gasteiger partial charge in [0.05, 0.1) is 5.56 Å². The van der Waals surface area contributed by atoms with E-state index in [0.717, 1.165) is 38.5 Å². The SMILES string of the molecule is CC(C)(C)CCN(CCOc1ccc(-c2c(Cl)cc(Cc3nc(N)n[nH]3)cc2C(F)(F)F)cc1)CCC(C)(C)C. The molecule has 3 aromatic rings. The van der Waals surface area contributed by atoms with Gasteiger partial charge in [-0.05, 0) is 72.2 Å².